The van der Waals surface area contributed by atoms with Gasteiger partial charge in [-0.05, 0) is 23.6 Å². The van der Waals surface area contributed by atoms with Crippen molar-refractivity contribution in [1.82, 2.24) is 20.2 Å². The van der Waals surface area contributed by atoms with Gasteiger partial charge in [-0.3, -0.25) is 24.5 Å². The van der Waals surface area contributed by atoms with Crippen molar-refractivity contribution in [2.24, 2.45) is 0 Å². The Morgan fingerprint density at radius 3 is 2.04 bits per heavy atom. The number of hydrogen-bond acceptors (Lipinski definition) is 7. The van der Waals surface area contributed by atoms with Crippen LogP contribution in [0.3, 0.4) is 0 Å². The van der Waals surface area contributed by atoms with Crippen molar-refractivity contribution in [2.45, 2.75) is 37.3 Å². The van der Waals surface area contributed by atoms with Gasteiger partial charge in [-0.25, -0.2) is 9.59 Å². The minimum atomic E-state index is -1.06. The predicted octanol–water partition coefficient (Wildman–Crippen LogP) is 3.58. The van der Waals surface area contributed by atoms with E-state index in [-0.39, 0.29) is 13.0 Å². The number of benzene rings is 3. The fourth-order valence-electron chi connectivity index (χ4n) is 5.40. The first kappa shape index (κ1) is 31.2. The molecule has 3 atom stereocenters. The fourth-order valence-corrected chi connectivity index (χ4v) is 5.40. The largest absolute Gasteiger partial charge is 0.501 e. The number of amides is 3. The number of carbonyl (C=O) groups excluding carboxylic acids is 2. The number of hydrogen-bond donors (Lipinski definition) is 3. The normalized spacial score (nSPS) is 18.0. The van der Waals surface area contributed by atoms with Crippen molar-refractivity contribution in [3.05, 3.63) is 153 Å². The third-order valence-electron chi connectivity index (χ3n) is 7.44. The van der Waals surface area contributed by atoms with Crippen LogP contribution in [0.15, 0.2) is 125 Å². The molecule has 45 heavy (non-hydrogen) atoms. The zero-order valence-electron chi connectivity index (χ0n) is 24.6. The molecule has 11 nitrogen and oxygen atoms in total. The molecule has 1 aliphatic rings. The van der Waals surface area contributed by atoms with Crippen LogP contribution in [-0.2, 0) is 24.6 Å². The van der Waals surface area contributed by atoms with Crippen molar-refractivity contribution >= 4 is 11.9 Å². The Hall–Kier alpha value is -5.26. The molecular formula is C34H34N4O7. The van der Waals surface area contributed by atoms with Crippen LogP contribution >= 0.6 is 0 Å². The highest BCUT2D eigenvalue weighted by molar-refractivity contribution is 6.00. The number of aromatic amines is 1. The molecule has 0 aliphatic carbocycles. The molecular weight excluding hydrogens is 576 g/mol. The van der Waals surface area contributed by atoms with E-state index >= 15 is 0 Å². The van der Waals surface area contributed by atoms with Gasteiger partial charge in [-0.1, -0.05) is 91.0 Å². The number of nitrogens with zero attached hydrogens (tertiary/aromatic N) is 1. The monoisotopic (exact) mass is 610 g/mol. The van der Waals surface area contributed by atoms with Crippen molar-refractivity contribution < 1.29 is 23.8 Å². The lowest BCUT2D eigenvalue weighted by molar-refractivity contribution is -0.115. The second-order valence-corrected chi connectivity index (χ2v) is 10.3. The average molecular weight is 611 g/mol. The Morgan fingerprint density at radius 2 is 1.51 bits per heavy atom. The molecule has 1 aliphatic heterocycles. The summed E-state index contributed by atoms with van der Waals surface area (Å²) in [5.74, 6) is -0.669. The summed E-state index contributed by atoms with van der Waals surface area (Å²) in [6.07, 6.45) is 2.21. The molecule has 3 amide bonds. The Bertz CT molecular complexity index is 1630. The Labute approximate surface area is 259 Å². The lowest BCUT2D eigenvalue weighted by Gasteiger charge is -2.37. The lowest BCUT2D eigenvalue weighted by atomic mass is 9.80. The van der Waals surface area contributed by atoms with E-state index in [0.29, 0.717) is 6.61 Å². The zero-order chi connectivity index (χ0) is 31.6. The lowest BCUT2D eigenvalue weighted by Crippen LogP contribution is -2.49. The van der Waals surface area contributed by atoms with Crippen LogP contribution in [0.4, 0.5) is 4.79 Å². The summed E-state index contributed by atoms with van der Waals surface area (Å²) < 4.78 is 19.5. The van der Waals surface area contributed by atoms with Gasteiger partial charge in [0.15, 0.2) is 0 Å². The van der Waals surface area contributed by atoms with Crippen LogP contribution in [0.2, 0.25) is 0 Å². The van der Waals surface area contributed by atoms with Gasteiger partial charge in [0.2, 0.25) is 0 Å². The fraction of sp³-hybridized carbons (Fsp3) is 0.235. The van der Waals surface area contributed by atoms with E-state index in [1.165, 1.54) is 23.1 Å². The van der Waals surface area contributed by atoms with E-state index in [0.717, 1.165) is 22.8 Å². The Balaban J connectivity index is 1.48. The first-order chi connectivity index (χ1) is 21.9. The van der Waals surface area contributed by atoms with E-state index in [9.17, 15) is 19.2 Å². The molecule has 4 aromatic rings. The van der Waals surface area contributed by atoms with Gasteiger partial charge in [0.05, 0.1) is 25.5 Å². The van der Waals surface area contributed by atoms with Crippen molar-refractivity contribution in [3.8, 4) is 0 Å². The van der Waals surface area contributed by atoms with Gasteiger partial charge in [0.25, 0.3) is 11.5 Å². The summed E-state index contributed by atoms with van der Waals surface area (Å²) in [5, 5.41) is 5.04. The number of H-pyrrole nitrogens is 1. The average Bonchev–Trinajstić information content (AvgIpc) is 3.44. The first-order valence-electron chi connectivity index (χ1n) is 14.6. The molecule has 3 N–H and O–H groups in total. The van der Waals surface area contributed by atoms with E-state index in [2.05, 4.69) is 15.6 Å². The number of urea groups is 1. The SMILES string of the molecule is CCO/C=C/C(=O)NC(=O)N[C@H]1C[C@H](n2ccc(=O)[nH]c2=O)O[C@@H]1COC(c1ccccc1)(c1ccccc1)c1ccccc1. The van der Waals surface area contributed by atoms with Gasteiger partial charge >= 0.3 is 11.7 Å². The predicted molar refractivity (Wildman–Crippen MR) is 166 cm³/mol. The maximum Gasteiger partial charge on any atom is 0.330 e. The minimum Gasteiger partial charge on any atom is -0.501 e. The molecule has 232 valence electrons. The van der Waals surface area contributed by atoms with Gasteiger partial charge < -0.3 is 19.5 Å². The van der Waals surface area contributed by atoms with E-state index < -0.39 is 47.2 Å². The molecule has 0 radical (unpaired) electrons. The number of carbonyl (C=O) groups is 2. The van der Waals surface area contributed by atoms with Crippen LogP contribution in [0.1, 0.15) is 36.3 Å². The van der Waals surface area contributed by atoms with Gasteiger partial charge in [0.1, 0.15) is 17.9 Å². The third-order valence-corrected chi connectivity index (χ3v) is 7.44. The first-order valence-corrected chi connectivity index (χ1v) is 14.6. The molecule has 1 saturated heterocycles. The second kappa shape index (κ2) is 14.5. The summed E-state index contributed by atoms with van der Waals surface area (Å²) in [6.45, 7) is 2.12. The highest BCUT2D eigenvalue weighted by Gasteiger charge is 2.43. The van der Waals surface area contributed by atoms with Crippen LogP contribution in [0, 0.1) is 0 Å². The van der Waals surface area contributed by atoms with Gasteiger partial charge in [-0.15, -0.1) is 0 Å². The smallest absolute Gasteiger partial charge is 0.330 e. The van der Waals surface area contributed by atoms with Crippen LogP contribution in [-0.4, -0.2) is 46.8 Å². The van der Waals surface area contributed by atoms with Crippen molar-refractivity contribution in [3.63, 3.8) is 0 Å². The molecule has 1 fully saturated rings. The van der Waals surface area contributed by atoms with Crippen molar-refractivity contribution in [2.75, 3.05) is 13.2 Å². The maximum atomic E-state index is 12.9. The molecule has 11 heteroatoms. The number of aromatic nitrogens is 2. The standard InChI is InChI=1S/C34H34N4O7/c1-2-43-21-19-30(40)36-32(41)35-27-22-31(38-20-18-29(39)37-33(38)42)45-28(27)23-44-34(24-12-6-3-7-13-24,25-14-8-4-9-15-25)26-16-10-5-11-17-26/h3-21,27-28,31H,2,22-23H2,1H3,(H,37,39,42)(H2,35,36,40,41)/b21-19+/t27-,28+,31+/m0/s1. The third kappa shape index (κ3) is 7.28. The summed E-state index contributed by atoms with van der Waals surface area (Å²) in [6, 6.07) is 29.1. The highest BCUT2D eigenvalue weighted by Crippen LogP contribution is 2.41. The van der Waals surface area contributed by atoms with Crippen LogP contribution in [0.25, 0.3) is 0 Å². The molecule has 0 saturated carbocycles. The number of nitrogens with one attached hydrogen (secondary N) is 3. The molecule has 0 spiro atoms. The Kier molecular flexibility index (Phi) is 10.0. The summed E-state index contributed by atoms with van der Waals surface area (Å²) in [7, 11) is 0. The number of imide groups is 1. The summed E-state index contributed by atoms with van der Waals surface area (Å²) in [5.41, 5.74) is 0.376. The number of rotatable bonds is 11. The molecule has 3 aromatic carbocycles. The van der Waals surface area contributed by atoms with Crippen molar-refractivity contribution in [1.29, 1.82) is 0 Å². The molecule has 5 rings (SSSR count). The topological polar surface area (TPSA) is 141 Å². The Morgan fingerprint density at radius 1 is 0.933 bits per heavy atom. The minimum absolute atomic E-state index is 0.0174. The van der Waals surface area contributed by atoms with E-state index in [4.69, 9.17) is 14.2 Å². The zero-order valence-corrected chi connectivity index (χ0v) is 24.6. The van der Waals surface area contributed by atoms with Gasteiger partial charge in [0, 0.05) is 24.8 Å². The molecule has 0 unspecified atom stereocenters. The quantitative estimate of drug-likeness (QED) is 0.134. The second-order valence-electron chi connectivity index (χ2n) is 10.3. The van der Waals surface area contributed by atoms with Gasteiger partial charge in [-0.2, -0.15) is 0 Å². The maximum absolute atomic E-state index is 12.9. The highest BCUT2D eigenvalue weighted by atomic mass is 16.6. The van der Waals surface area contributed by atoms with E-state index in [1.54, 1.807) is 6.92 Å². The molecule has 0 bridgehead atoms. The van der Waals surface area contributed by atoms with Crippen LogP contribution in [0.5, 0.6) is 0 Å². The summed E-state index contributed by atoms with van der Waals surface area (Å²) >= 11 is 0. The molecule has 2 heterocycles. The van der Waals surface area contributed by atoms with Crippen LogP contribution < -0.4 is 21.9 Å². The summed E-state index contributed by atoms with van der Waals surface area (Å²) in [4.78, 5) is 51.7. The number of ether oxygens (including phenoxy) is 3. The molecule has 1 aromatic heterocycles. The van der Waals surface area contributed by atoms with E-state index in [1.807, 2.05) is 91.0 Å².